The third-order valence-corrected chi connectivity index (χ3v) is 3.70. The van der Waals surface area contributed by atoms with Gasteiger partial charge >= 0.3 is 5.97 Å². The molecule has 0 atom stereocenters. The summed E-state index contributed by atoms with van der Waals surface area (Å²) in [6.07, 6.45) is 0. The number of hydrogen-bond acceptors (Lipinski definition) is 8. The molecule has 3 rings (SSSR count). The molecule has 0 fully saturated rings. The van der Waals surface area contributed by atoms with Gasteiger partial charge in [-0.1, -0.05) is 29.4 Å². The maximum Gasteiger partial charge on any atom is 0.340 e. The summed E-state index contributed by atoms with van der Waals surface area (Å²) in [6, 6.07) is 14.1. The summed E-state index contributed by atoms with van der Waals surface area (Å²) >= 11 is 0. The minimum absolute atomic E-state index is 0.0432. The van der Waals surface area contributed by atoms with E-state index < -0.39 is 5.97 Å². The van der Waals surface area contributed by atoms with Crippen molar-refractivity contribution in [3.63, 3.8) is 0 Å². The summed E-state index contributed by atoms with van der Waals surface area (Å²) in [4.78, 5) is 16.6. The van der Waals surface area contributed by atoms with Gasteiger partial charge in [-0.2, -0.15) is 4.98 Å². The summed E-state index contributed by atoms with van der Waals surface area (Å²) in [7, 11) is 1.58. The fourth-order valence-electron chi connectivity index (χ4n) is 2.40. The summed E-state index contributed by atoms with van der Waals surface area (Å²) in [6.45, 7) is 0.139. The SMILES string of the molecule is COc1cccc(-c2noc(COC(=O)c3ccccc3NCCO)n2)c1. The number of aliphatic hydroxyl groups excluding tert-OH is 1. The van der Waals surface area contributed by atoms with Crippen LogP contribution in [0.2, 0.25) is 0 Å². The number of esters is 1. The molecule has 0 unspecified atom stereocenters. The van der Waals surface area contributed by atoms with Crippen molar-refractivity contribution in [2.75, 3.05) is 25.6 Å². The number of anilines is 1. The average molecular weight is 369 g/mol. The van der Waals surface area contributed by atoms with Gasteiger partial charge in [-0.3, -0.25) is 0 Å². The van der Waals surface area contributed by atoms with Crippen LogP contribution in [0.15, 0.2) is 53.1 Å². The Hall–Kier alpha value is -3.39. The van der Waals surface area contributed by atoms with Crippen LogP contribution in [0.5, 0.6) is 5.75 Å². The lowest BCUT2D eigenvalue weighted by atomic mass is 10.2. The number of nitrogens with one attached hydrogen (secondary N) is 1. The van der Waals surface area contributed by atoms with E-state index in [1.807, 2.05) is 18.2 Å². The molecule has 0 aliphatic carbocycles. The van der Waals surface area contributed by atoms with Gasteiger partial charge in [0.1, 0.15) is 5.75 Å². The van der Waals surface area contributed by atoms with Gasteiger partial charge in [0, 0.05) is 17.8 Å². The van der Waals surface area contributed by atoms with Crippen LogP contribution in [-0.4, -0.2) is 41.5 Å². The highest BCUT2D eigenvalue weighted by Gasteiger charge is 2.15. The highest BCUT2D eigenvalue weighted by Crippen LogP contribution is 2.22. The summed E-state index contributed by atoms with van der Waals surface area (Å²) in [5.74, 6) is 0.710. The van der Waals surface area contributed by atoms with Crippen molar-refractivity contribution < 1.29 is 23.9 Å². The number of carbonyl (C=O) groups excluding carboxylic acids is 1. The Labute approximate surface area is 155 Å². The molecule has 1 aromatic heterocycles. The van der Waals surface area contributed by atoms with E-state index in [1.165, 1.54) is 0 Å². The molecule has 0 spiro atoms. The number of methoxy groups -OCH3 is 1. The number of aliphatic hydroxyl groups is 1. The predicted molar refractivity (Wildman–Crippen MR) is 97.4 cm³/mol. The number of aromatic nitrogens is 2. The van der Waals surface area contributed by atoms with Crippen molar-refractivity contribution in [3.05, 3.63) is 60.0 Å². The highest BCUT2D eigenvalue weighted by molar-refractivity contribution is 5.95. The van der Waals surface area contributed by atoms with E-state index in [-0.39, 0.29) is 19.1 Å². The van der Waals surface area contributed by atoms with Crippen LogP contribution in [0, 0.1) is 0 Å². The van der Waals surface area contributed by atoms with Gasteiger partial charge in [-0.15, -0.1) is 0 Å². The molecule has 140 valence electrons. The second-order valence-electron chi connectivity index (χ2n) is 5.52. The Bertz CT molecular complexity index is 910. The standard InChI is InChI=1S/C19H19N3O5/c1-25-14-6-4-5-13(11-14)18-21-17(27-22-18)12-26-19(24)15-7-2-3-8-16(15)20-9-10-23/h2-8,11,20,23H,9-10,12H2,1H3. The van der Waals surface area contributed by atoms with Crippen LogP contribution in [0.3, 0.4) is 0 Å². The van der Waals surface area contributed by atoms with Crippen LogP contribution >= 0.6 is 0 Å². The van der Waals surface area contributed by atoms with Crippen LogP contribution in [-0.2, 0) is 11.3 Å². The Morgan fingerprint density at radius 2 is 2.07 bits per heavy atom. The van der Waals surface area contributed by atoms with E-state index in [1.54, 1.807) is 37.4 Å². The second kappa shape index (κ2) is 8.81. The fourth-order valence-corrected chi connectivity index (χ4v) is 2.40. The number of nitrogens with zero attached hydrogens (tertiary/aromatic N) is 2. The van der Waals surface area contributed by atoms with E-state index in [4.69, 9.17) is 19.1 Å². The van der Waals surface area contributed by atoms with E-state index >= 15 is 0 Å². The predicted octanol–water partition coefficient (Wildman–Crippen LogP) is 2.51. The average Bonchev–Trinajstić information content (AvgIpc) is 3.20. The molecule has 3 aromatic rings. The van der Waals surface area contributed by atoms with Crippen LogP contribution in [0.4, 0.5) is 5.69 Å². The molecule has 8 heteroatoms. The topological polar surface area (TPSA) is 107 Å². The lowest BCUT2D eigenvalue weighted by Crippen LogP contribution is -2.12. The van der Waals surface area contributed by atoms with Gasteiger partial charge in [0.2, 0.25) is 5.82 Å². The smallest absolute Gasteiger partial charge is 0.340 e. The largest absolute Gasteiger partial charge is 0.497 e. The number of carbonyl (C=O) groups is 1. The maximum atomic E-state index is 12.3. The molecular formula is C19H19N3O5. The summed E-state index contributed by atoms with van der Waals surface area (Å²) in [5, 5.41) is 15.8. The van der Waals surface area contributed by atoms with E-state index in [0.717, 1.165) is 5.56 Å². The normalized spacial score (nSPS) is 10.4. The molecule has 0 radical (unpaired) electrons. The second-order valence-corrected chi connectivity index (χ2v) is 5.52. The number of rotatable bonds is 8. The van der Waals surface area contributed by atoms with E-state index in [0.29, 0.717) is 29.4 Å². The molecular weight excluding hydrogens is 350 g/mol. The quantitative estimate of drug-likeness (QED) is 0.583. The molecule has 0 aliphatic rings. The Morgan fingerprint density at radius 1 is 1.22 bits per heavy atom. The van der Waals surface area contributed by atoms with Gasteiger partial charge in [-0.05, 0) is 24.3 Å². The number of hydrogen-bond donors (Lipinski definition) is 2. The van der Waals surface area contributed by atoms with Gasteiger partial charge < -0.3 is 24.4 Å². The lowest BCUT2D eigenvalue weighted by Gasteiger charge is -2.09. The zero-order chi connectivity index (χ0) is 19.1. The lowest BCUT2D eigenvalue weighted by molar-refractivity contribution is 0.0431. The monoisotopic (exact) mass is 369 g/mol. The third-order valence-electron chi connectivity index (χ3n) is 3.70. The van der Waals surface area contributed by atoms with Gasteiger partial charge in [0.25, 0.3) is 5.89 Å². The summed E-state index contributed by atoms with van der Waals surface area (Å²) < 4.78 is 15.6. The Kier molecular flexibility index (Phi) is 6.01. The van der Waals surface area contributed by atoms with Crippen molar-refractivity contribution in [1.82, 2.24) is 10.1 Å². The Morgan fingerprint density at radius 3 is 2.89 bits per heavy atom. The van der Waals surface area contributed by atoms with E-state index in [2.05, 4.69) is 15.5 Å². The number of ether oxygens (including phenoxy) is 2. The first-order chi connectivity index (χ1) is 13.2. The molecule has 0 saturated carbocycles. The molecule has 0 aliphatic heterocycles. The minimum Gasteiger partial charge on any atom is -0.497 e. The van der Waals surface area contributed by atoms with Crippen molar-refractivity contribution in [2.45, 2.75) is 6.61 Å². The van der Waals surface area contributed by atoms with Gasteiger partial charge in [0.05, 0.1) is 19.3 Å². The third kappa shape index (κ3) is 4.62. The van der Waals surface area contributed by atoms with E-state index in [9.17, 15) is 4.79 Å². The van der Waals surface area contributed by atoms with Crippen molar-refractivity contribution in [1.29, 1.82) is 0 Å². The zero-order valence-corrected chi connectivity index (χ0v) is 14.7. The molecule has 1 heterocycles. The fraction of sp³-hybridized carbons (Fsp3) is 0.211. The Balaban J connectivity index is 1.66. The molecule has 27 heavy (non-hydrogen) atoms. The molecule has 0 amide bonds. The first-order valence-electron chi connectivity index (χ1n) is 8.29. The summed E-state index contributed by atoms with van der Waals surface area (Å²) in [5.41, 5.74) is 1.67. The molecule has 2 N–H and O–H groups in total. The molecule has 2 aromatic carbocycles. The first-order valence-corrected chi connectivity index (χ1v) is 8.29. The highest BCUT2D eigenvalue weighted by atomic mass is 16.6. The van der Waals surface area contributed by atoms with Crippen LogP contribution in [0.1, 0.15) is 16.2 Å². The zero-order valence-electron chi connectivity index (χ0n) is 14.7. The van der Waals surface area contributed by atoms with Gasteiger partial charge in [-0.25, -0.2) is 4.79 Å². The van der Waals surface area contributed by atoms with Gasteiger partial charge in [0.15, 0.2) is 6.61 Å². The number of para-hydroxylation sites is 1. The van der Waals surface area contributed by atoms with Crippen molar-refractivity contribution in [3.8, 4) is 17.1 Å². The number of benzene rings is 2. The van der Waals surface area contributed by atoms with Crippen molar-refractivity contribution >= 4 is 11.7 Å². The molecule has 8 nitrogen and oxygen atoms in total. The minimum atomic E-state index is -0.530. The van der Waals surface area contributed by atoms with Crippen LogP contribution in [0.25, 0.3) is 11.4 Å². The first kappa shape index (κ1) is 18.4. The maximum absolute atomic E-state index is 12.3. The van der Waals surface area contributed by atoms with Crippen molar-refractivity contribution in [2.24, 2.45) is 0 Å². The van der Waals surface area contributed by atoms with Crippen LogP contribution < -0.4 is 10.1 Å². The molecule has 0 bridgehead atoms. The molecule has 0 saturated heterocycles.